The Morgan fingerprint density at radius 3 is 2.47 bits per heavy atom. The molecule has 196 valence electrons. The zero-order valence-electron chi connectivity index (χ0n) is 22.4. The molecule has 1 unspecified atom stereocenters. The van der Waals surface area contributed by atoms with E-state index in [-0.39, 0.29) is 5.91 Å². The Morgan fingerprint density at radius 1 is 1.00 bits per heavy atom. The summed E-state index contributed by atoms with van der Waals surface area (Å²) in [6, 6.07) is 16.9. The van der Waals surface area contributed by atoms with Crippen molar-refractivity contribution in [2.45, 2.75) is 12.3 Å². The zero-order valence-corrected chi connectivity index (χ0v) is 22.4. The fourth-order valence-corrected chi connectivity index (χ4v) is 5.63. The monoisotopic (exact) mass is 509 g/mol. The summed E-state index contributed by atoms with van der Waals surface area (Å²) in [7, 11) is 5.74. The number of hydrogen-bond donors (Lipinski definition) is 1. The van der Waals surface area contributed by atoms with Gasteiger partial charge in [-0.3, -0.25) is 4.79 Å². The number of nitrogens with one attached hydrogen (secondary N) is 1. The smallest absolute Gasteiger partial charge is 0.253 e. The first-order valence-corrected chi connectivity index (χ1v) is 13.4. The zero-order chi connectivity index (χ0) is 26.2. The van der Waals surface area contributed by atoms with Gasteiger partial charge in [-0.1, -0.05) is 18.2 Å². The first-order valence-electron chi connectivity index (χ1n) is 13.4. The molecule has 0 aliphatic carbocycles. The summed E-state index contributed by atoms with van der Waals surface area (Å²) in [6.45, 7) is 5.89. The van der Waals surface area contributed by atoms with E-state index in [1.165, 1.54) is 16.8 Å². The van der Waals surface area contributed by atoms with Gasteiger partial charge in [0.2, 0.25) is 0 Å². The number of aromatic nitrogens is 2. The van der Waals surface area contributed by atoms with Gasteiger partial charge in [0.1, 0.15) is 5.65 Å². The van der Waals surface area contributed by atoms with Crippen LogP contribution in [0, 0.1) is 0 Å². The van der Waals surface area contributed by atoms with E-state index in [2.05, 4.69) is 46.1 Å². The third kappa shape index (κ3) is 4.68. The number of fused-ring (bicyclic) bond motifs is 1. The van der Waals surface area contributed by atoms with Crippen LogP contribution in [0.3, 0.4) is 0 Å². The molecular weight excluding hydrogens is 474 g/mol. The molecular formula is C31H35N5O2. The average Bonchev–Trinajstić information content (AvgIpc) is 3.63. The van der Waals surface area contributed by atoms with Gasteiger partial charge in [-0.05, 0) is 60.5 Å². The lowest BCUT2D eigenvalue weighted by atomic mass is 9.92. The van der Waals surface area contributed by atoms with Crippen molar-refractivity contribution in [3.8, 4) is 22.3 Å². The molecule has 7 heteroatoms. The van der Waals surface area contributed by atoms with Crippen LogP contribution in [0.25, 0.3) is 33.3 Å². The maximum absolute atomic E-state index is 12.3. The van der Waals surface area contributed by atoms with Gasteiger partial charge in [0.25, 0.3) is 5.91 Å². The van der Waals surface area contributed by atoms with Crippen molar-refractivity contribution < 1.29 is 9.53 Å². The Bertz CT molecular complexity index is 1450. The van der Waals surface area contributed by atoms with Crippen LogP contribution in [-0.2, 0) is 4.74 Å². The van der Waals surface area contributed by atoms with Crippen LogP contribution in [-0.4, -0.2) is 86.2 Å². The molecule has 38 heavy (non-hydrogen) atoms. The number of benzene rings is 2. The van der Waals surface area contributed by atoms with Gasteiger partial charge < -0.3 is 24.4 Å². The molecule has 2 aliphatic rings. The Balaban J connectivity index is 1.36. The first-order chi connectivity index (χ1) is 18.5. The number of piperazine rings is 1. The standard InChI is InChI=1S/C31H35N5O2/c1-34(2)31(37)22-6-4-21(5-7-22)28-19-33-30-27(28)17-25(18-32-30)23-8-9-29(36-13-11-35(3)12-14-36)26(16-23)24-10-15-38-20-24/h4-9,16-19,24H,10-15,20H2,1-3H3,(H,32,33). The second-order valence-corrected chi connectivity index (χ2v) is 10.7. The lowest BCUT2D eigenvalue weighted by molar-refractivity contribution is 0.0827. The van der Waals surface area contributed by atoms with E-state index in [1.54, 1.807) is 19.0 Å². The fraction of sp³-hybridized carbons (Fsp3) is 0.355. The van der Waals surface area contributed by atoms with Gasteiger partial charge in [0.15, 0.2) is 0 Å². The summed E-state index contributed by atoms with van der Waals surface area (Å²) in [5.74, 6) is 0.426. The lowest BCUT2D eigenvalue weighted by Gasteiger charge is -2.36. The quantitative estimate of drug-likeness (QED) is 0.417. The first kappa shape index (κ1) is 24.6. The van der Waals surface area contributed by atoms with Crippen LogP contribution < -0.4 is 4.90 Å². The fourth-order valence-electron chi connectivity index (χ4n) is 5.63. The lowest BCUT2D eigenvalue weighted by Crippen LogP contribution is -2.44. The van der Waals surface area contributed by atoms with Crippen molar-refractivity contribution in [1.82, 2.24) is 19.8 Å². The van der Waals surface area contributed by atoms with E-state index in [0.29, 0.717) is 11.5 Å². The molecule has 1 N–H and O–H groups in total. The second kappa shape index (κ2) is 10.2. The number of nitrogens with zero attached hydrogens (tertiary/aromatic N) is 4. The molecule has 2 aromatic heterocycles. The van der Waals surface area contributed by atoms with Gasteiger partial charge in [0.05, 0.1) is 6.61 Å². The predicted octanol–water partition coefficient (Wildman–Crippen LogP) is 4.85. The minimum atomic E-state index is 0.00270. The summed E-state index contributed by atoms with van der Waals surface area (Å²) in [6.07, 6.45) is 5.03. The molecule has 4 aromatic rings. The van der Waals surface area contributed by atoms with Crippen LogP contribution >= 0.6 is 0 Å². The number of amides is 1. The van der Waals surface area contributed by atoms with Gasteiger partial charge in [-0.2, -0.15) is 0 Å². The molecule has 0 bridgehead atoms. The Morgan fingerprint density at radius 2 is 1.76 bits per heavy atom. The highest BCUT2D eigenvalue weighted by Crippen LogP contribution is 2.38. The molecule has 0 spiro atoms. The second-order valence-electron chi connectivity index (χ2n) is 10.7. The average molecular weight is 510 g/mol. The maximum atomic E-state index is 12.3. The SMILES string of the molecule is CN1CCN(c2ccc(-c3cnc4[nH]cc(-c5ccc(C(=O)N(C)C)cc5)c4c3)cc2C2CCOC2)CC1. The van der Waals surface area contributed by atoms with Crippen LogP contribution in [0.5, 0.6) is 0 Å². The number of ether oxygens (including phenoxy) is 1. The Kier molecular flexibility index (Phi) is 6.64. The van der Waals surface area contributed by atoms with Crippen molar-refractivity contribution in [3.05, 3.63) is 72.1 Å². The van der Waals surface area contributed by atoms with E-state index in [1.807, 2.05) is 36.7 Å². The van der Waals surface area contributed by atoms with Crippen molar-refractivity contribution in [1.29, 1.82) is 0 Å². The topological polar surface area (TPSA) is 64.7 Å². The molecule has 1 atom stereocenters. The molecule has 2 saturated heterocycles. The van der Waals surface area contributed by atoms with Crippen LogP contribution in [0.2, 0.25) is 0 Å². The van der Waals surface area contributed by atoms with Crippen molar-refractivity contribution >= 4 is 22.6 Å². The number of carbonyl (C=O) groups excluding carboxylic acids is 1. The van der Waals surface area contributed by atoms with Gasteiger partial charge in [-0.15, -0.1) is 0 Å². The highest BCUT2D eigenvalue weighted by atomic mass is 16.5. The molecule has 2 aliphatic heterocycles. The van der Waals surface area contributed by atoms with Gasteiger partial charge in [0, 0.05) is 93.0 Å². The number of H-pyrrole nitrogens is 1. The number of pyridine rings is 1. The van der Waals surface area contributed by atoms with Crippen LogP contribution in [0.15, 0.2) is 60.9 Å². The molecule has 0 radical (unpaired) electrons. The van der Waals surface area contributed by atoms with E-state index in [4.69, 9.17) is 9.72 Å². The summed E-state index contributed by atoms with van der Waals surface area (Å²) in [5.41, 5.74) is 8.69. The van der Waals surface area contributed by atoms with E-state index in [9.17, 15) is 4.79 Å². The molecule has 2 fully saturated rings. The predicted molar refractivity (Wildman–Crippen MR) is 153 cm³/mol. The summed E-state index contributed by atoms with van der Waals surface area (Å²) >= 11 is 0. The Hall–Kier alpha value is -3.68. The highest BCUT2D eigenvalue weighted by molar-refractivity contribution is 5.98. The summed E-state index contributed by atoms with van der Waals surface area (Å²) in [5, 5.41) is 1.07. The number of likely N-dealkylation sites (N-methyl/N-ethyl adjacent to an activating group) is 1. The van der Waals surface area contributed by atoms with Gasteiger partial charge in [-0.25, -0.2) is 4.98 Å². The largest absolute Gasteiger partial charge is 0.381 e. The number of hydrogen-bond acceptors (Lipinski definition) is 5. The summed E-state index contributed by atoms with van der Waals surface area (Å²) < 4.78 is 5.80. The molecule has 6 rings (SSSR count). The maximum Gasteiger partial charge on any atom is 0.253 e. The minimum Gasteiger partial charge on any atom is -0.381 e. The minimum absolute atomic E-state index is 0.00270. The van der Waals surface area contributed by atoms with E-state index >= 15 is 0 Å². The third-order valence-corrected chi connectivity index (χ3v) is 7.95. The molecule has 0 saturated carbocycles. The molecule has 7 nitrogen and oxygen atoms in total. The van der Waals surface area contributed by atoms with E-state index < -0.39 is 0 Å². The number of aromatic amines is 1. The number of carbonyl (C=O) groups is 1. The van der Waals surface area contributed by atoms with E-state index in [0.717, 1.165) is 73.5 Å². The van der Waals surface area contributed by atoms with Crippen molar-refractivity contribution in [3.63, 3.8) is 0 Å². The Labute approximate surface area is 224 Å². The molecule has 1 amide bonds. The van der Waals surface area contributed by atoms with Crippen LogP contribution in [0.4, 0.5) is 5.69 Å². The van der Waals surface area contributed by atoms with Crippen LogP contribution in [0.1, 0.15) is 28.3 Å². The van der Waals surface area contributed by atoms with Gasteiger partial charge >= 0.3 is 0 Å². The van der Waals surface area contributed by atoms with Crippen molar-refractivity contribution in [2.24, 2.45) is 0 Å². The van der Waals surface area contributed by atoms with Crippen molar-refractivity contribution in [2.75, 3.05) is 65.4 Å². The molecule has 4 heterocycles. The number of anilines is 1. The normalized spacial score (nSPS) is 18.3. The third-order valence-electron chi connectivity index (χ3n) is 7.95. The summed E-state index contributed by atoms with van der Waals surface area (Å²) in [4.78, 5) is 26.9. The molecule has 2 aromatic carbocycles. The highest BCUT2D eigenvalue weighted by Gasteiger charge is 2.25. The number of rotatable bonds is 5.